The average molecular weight is 367 g/mol. The number of carbonyl (C=O) groups is 1. The van der Waals surface area contributed by atoms with Gasteiger partial charge in [-0.05, 0) is 44.2 Å². The molecule has 5 heteroatoms. The first-order valence-electron chi connectivity index (χ1n) is 9.64. The summed E-state index contributed by atoms with van der Waals surface area (Å²) in [5.41, 5.74) is 3.18. The Morgan fingerprint density at radius 3 is 2.37 bits per heavy atom. The third kappa shape index (κ3) is 5.31. The molecule has 144 valence electrons. The Labute approximate surface area is 162 Å². The number of hydrogen-bond acceptors (Lipinski definition) is 3. The molecule has 1 fully saturated rings. The molecule has 2 atom stereocenters. The Morgan fingerprint density at radius 1 is 1.00 bits per heavy atom. The summed E-state index contributed by atoms with van der Waals surface area (Å²) < 4.78 is 0. The van der Waals surface area contributed by atoms with E-state index in [1.165, 1.54) is 5.56 Å². The molecule has 1 aliphatic rings. The molecule has 1 heterocycles. The number of rotatable bonds is 5. The first-order chi connectivity index (χ1) is 13.0. The first-order valence-corrected chi connectivity index (χ1v) is 9.64. The van der Waals surface area contributed by atoms with Gasteiger partial charge in [0.25, 0.3) is 0 Å². The molecule has 0 aliphatic carbocycles. The van der Waals surface area contributed by atoms with E-state index in [2.05, 4.69) is 58.7 Å². The van der Waals surface area contributed by atoms with Gasteiger partial charge in [0.2, 0.25) is 0 Å². The van der Waals surface area contributed by atoms with Crippen molar-refractivity contribution in [1.82, 2.24) is 15.1 Å². The molecule has 3 rings (SSSR count). The van der Waals surface area contributed by atoms with Crippen LogP contribution in [0.1, 0.15) is 24.1 Å². The topological polar surface area (TPSA) is 47.6 Å². The van der Waals surface area contributed by atoms with Gasteiger partial charge in [0, 0.05) is 37.9 Å². The molecule has 1 aliphatic heterocycles. The van der Waals surface area contributed by atoms with Crippen LogP contribution in [-0.2, 0) is 0 Å². The molecule has 5 nitrogen and oxygen atoms in total. The Bertz CT molecular complexity index is 741. The van der Waals surface area contributed by atoms with Gasteiger partial charge in [0.15, 0.2) is 0 Å². The van der Waals surface area contributed by atoms with Crippen molar-refractivity contribution in [2.45, 2.75) is 25.9 Å². The summed E-state index contributed by atoms with van der Waals surface area (Å²) in [6.45, 7) is 8.20. The highest BCUT2D eigenvalue weighted by Crippen LogP contribution is 2.25. The second-order valence-corrected chi connectivity index (χ2v) is 7.45. The van der Waals surface area contributed by atoms with Gasteiger partial charge in [-0.3, -0.25) is 4.90 Å². The molecular formula is C22H30N4O. The third-order valence-corrected chi connectivity index (χ3v) is 5.18. The molecule has 2 N–H and O–H groups in total. The van der Waals surface area contributed by atoms with Crippen LogP contribution >= 0.6 is 0 Å². The molecule has 0 aromatic heterocycles. The van der Waals surface area contributed by atoms with Crippen LogP contribution in [0.4, 0.5) is 10.5 Å². The summed E-state index contributed by atoms with van der Waals surface area (Å²) in [4.78, 5) is 17.4. The van der Waals surface area contributed by atoms with Crippen LogP contribution in [0.25, 0.3) is 0 Å². The lowest BCUT2D eigenvalue weighted by molar-refractivity contribution is 0.0954. The van der Waals surface area contributed by atoms with E-state index in [4.69, 9.17) is 0 Å². The maximum absolute atomic E-state index is 12.6. The number of nitrogens with zero attached hydrogens (tertiary/aromatic N) is 2. The summed E-state index contributed by atoms with van der Waals surface area (Å²) in [6, 6.07) is 18.3. The highest BCUT2D eigenvalue weighted by atomic mass is 16.2. The number of amides is 2. The predicted molar refractivity (Wildman–Crippen MR) is 111 cm³/mol. The van der Waals surface area contributed by atoms with Crippen LogP contribution in [0, 0.1) is 6.92 Å². The van der Waals surface area contributed by atoms with Crippen molar-refractivity contribution in [3.63, 3.8) is 0 Å². The molecule has 2 aromatic rings. The van der Waals surface area contributed by atoms with Gasteiger partial charge >= 0.3 is 6.03 Å². The van der Waals surface area contributed by atoms with Gasteiger partial charge < -0.3 is 15.5 Å². The molecule has 0 spiro atoms. The number of hydrogen-bond donors (Lipinski definition) is 2. The summed E-state index contributed by atoms with van der Waals surface area (Å²) >= 11 is 0. The Kier molecular flexibility index (Phi) is 6.48. The predicted octanol–water partition coefficient (Wildman–Crippen LogP) is 3.49. The van der Waals surface area contributed by atoms with E-state index in [0.717, 1.165) is 37.4 Å². The van der Waals surface area contributed by atoms with Crippen molar-refractivity contribution in [3.8, 4) is 0 Å². The lowest BCUT2D eigenvalue weighted by atomic mass is 9.98. The third-order valence-electron chi connectivity index (χ3n) is 5.18. The molecule has 1 saturated heterocycles. The Morgan fingerprint density at radius 2 is 1.70 bits per heavy atom. The smallest absolute Gasteiger partial charge is 0.319 e. The second-order valence-electron chi connectivity index (χ2n) is 7.45. The number of anilines is 1. The number of likely N-dealkylation sites (N-methyl/N-ethyl adjacent to an activating group) is 1. The lowest BCUT2D eigenvalue weighted by Crippen LogP contribution is -2.52. The highest BCUT2D eigenvalue weighted by Gasteiger charge is 2.29. The molecule has 0 bridgehead atoms. The zero-order valence-electron chi connectivity index (χ0n) is 16.5. The largest absolute Gasteiger partial charge is 0.333 e. The first kappa shape index (κ1) is 19.4. The highest BCUT2D eigenvalue weighted by molar-refractivity contribution is 5.89. The van der Waals surface area contributed by atoms with Crippen LogP contribution in [0.2, 0.25) is 0 Å². The Hall–Kier alpha value is -2.37. The standard InChI is InChI=1S/C22H30N4O/c1-17-8-7-11-20(16-17)24-22(27)23-18(2)21(19-9-5-4-6-10-19)26-14-12-25(3)13-15-26/h4-11,16,18,21H,12-15H2,1-3H3,(H2,23,24,27)/t18-,21-/m1/s1. The van der Waals surface area contributed by atoms with Crippen LogP contribution < -0.4 is 10.6 Å². The molecule has 2 amide bonds. The van der Waals surface area contributed by atoms with Gasteiger partial charge in [-0.2, -0.15) is 0 Å². The minimum atomic E-state index is -0.164. The summed E-state index contributed by atoms with van der Waals surface area (Å²) in [5, 5.41) is 6.10. The van der Waals surface area contributed by atoms with Crippen molar-refractivity contribution in [2.24, 2.45) is 0 Å². The van der Waals surface area contributed by atoms with Crippen LogP contribution in [0.15, 0.2) is 54.6 Å². The van der Waals surface area contributed by atoms with Crippen LogP contribution in [-0.4, -0.2) is 55.1 Å². The number of piperazine rings is 1. The van der Waals surface area contributed by atoms with E-state index in [1.807, 2.05) is 37.3 Å². The number of nitrogens with one attached hydrogen (secondary N) is 2. The van der Waals surface area contributed by atoms with E-state index in [-0.39, 0.29) is 18.1 Å². The fourth-order valence-electron chi connectivity index (χ4n) is 3.74. The molecular weight excluding hydrogens is 336 g/mol. The van der Waals surface area contributed by atoms with Crippen molar-refractivity contribution in [3.05, 3.63) is 65.7 Å². The molecule has 0 radical (unpaired) electrons. The number of urea groups is 1. The molecule has 2 aromatic carbocycles. The summed E-state index contributed by atoms with van der Waals surface area (Å²) in [7, 11) is 2.16. The van der Waals surface area contributed by atoms with E-state index in [1.54, 1.807) is 0 Å². The number of benzene rings is 2. The quantitative estimate of drug-likeness (QED) is 0.851. The fraction of sp³-hybridized carbons (Fsp3) is 0.409. The van der Waals surface area contributed by atoms with Gasteiger partial charge in [0.05, 0.1) is 6.04 Å². The van der Waals surface area contributed by atoms with Gasteiger partial charge in [-0.25, -0.2) is 4.79 Å². The molecule has 0 saturated carbocycles. The lowest BCUT2D eigenvalue weighted by Gasteiger charge is -2.41. The van der Waals surface area contributed by atoms with Crippen molar-refractivity contribution in [2.75, 3.05) is 38.5 Å². The minimum absolute atomic E-state index is 0.0133. The average Bonchev–Trinajstić information content (AvgIpc) is 2.64. The summed E-state index contributed by atoms with van der Waals surface area (Å²) in [5.74, 6) is 0. The monoisotopic (exact) mass is 366 g/mol. The zero-order chi connectivity index (χ0) is 19.2. The number of carbonyl (C=O) groups excluding carboxylic acids is 1. The number of aryl methyl sites for hydroxylation is 1. The van der Waals surface area contributed by atoms with E-state index < -0.39 is 0 Å². The van der Waals surface area contributed by atoms with Crippen molar-refractivity contribution >= 4 is 11.7 Å². The molecule has 0 unspecified atom stereocenters. The van der Waals surface area contributed by atoms with Crippen molar-refractivity contribution < 1.29 is 4.79 Å². The molecule has 27 heavy (non-hydrogen) atoms. The van der Waals surface area contributed by atoms with Crippen LogP contribution in [0.5, 0.6) is 0 Å². The Balaban J connectivity index is 1.70. The fourth-order valence-corrected chi connectivity index (χ4v) is 3.74. The van der Waals surface area contributed by atoms with E-state index >= 15 is 0 Å². The zero-order valence-corrected chi connectivity index (χ0v) is 16.5. The van der Waals surface area contributed by atoms with E-state index in [9.17, 15) is 4.79 Å². The SMILES string of the molecule is Cc1cccc(NC(=O)N[C@H](C)[C@H](c2ccccc2)N2CCN(C)CC2)c1. The van der Waals surface area contributed by atoms with Crippen LogP contribution in [0.3, 0.4) is 0 Å². The second kappa shape index (κ2) is 9.02. The normalized spacial score (nSPS) is 17.9. The van der Waals surface area contributed by atoms with Crippen molar-refractivity contribution in [1.29, 1.82) is 0 Å². The minimum Gasteiger partial charge on any atom is -0.333 e. The van der Waals surface area contributed by atoms with Gasteiger partial charge in [0.1, 0.15) is 0 Å². The summed E-state index contributed by atoms with van der Waals surface area (Å²) in [6.07, 6.45) is 0. The van der Waals surface area contributed by atoms with Gasteiger partial charge in [-0.1, -0.05) is 42.5 Å². The van der Waals surface area contributed by atoms with Gasteiger partial charge in [-0.15, -0.1) is 0 Å². The maximum Gasteiger partial charge on any atom is 0.319 e. The maximum atomic E-state index is 12.6. The van der Waals surface area contributed by atoms with E-state index in [0.29, 0.717) is 0 Å².